The summed E-state index contributed by atoms with van der Waals surface area (Å²) in [6.45, 7) is 0. The van der Waals surface area contributed by atoms with Crippen molar-refractivity contribution in [2.75, 3.05) is 0 Å². The highest BCUT2D eigenvalue weighted by atomic mass is 15.1. The van der Waals surface area contributed by atoms with E-state index in [9.17, 15) is 0 Å². The topological polar surface area (TPSA) is 107 Å². The number of para-hydroxylation sites is 9. The van der Waals surface area contributed by atoms with Gasteiger partial charge in [0.15, 0.2) is 17.5 Å². The van der Waals surface area contributed by atoms with Crippen LogP contribution in [0, 0.1) is 0 Å². The van der Waals surface area contributed by atoms with Crippen molar-refractivity contribution >= 4 is 207 Å². The molecule has 0 atom stereocenters. The summed E-state index contributed by atoms with van der Waals surface area (Å²) < 4.78 is 14.2. The van der Waals surface area contributed by atoms with Gasteiger partial charge >= 0.3 is 0 Å². The molecule has 0 spiro atoms. The van der Waals surface area contributed by atoms with E-state index in [0.29, 0.717) is 17.5 Å². The van der Waals surface area contributed by atoms with Crippen molar-refractivity contribution in [2.24, 2.45) is 0 Å². The Kier molecular flexibility index (Phi) is 19.1. The number of nitrogens with zero attached hydrogens (tertiary/aromatic N) is 12. The summed E-state index contributed by atoms with van der Waals surface area (Å²) in [5.74, 6) is 4.75. The Morgan fingerprint density at radius 2 is 0.338 bits per heavy atom. The van der Waals surface area contributed by atoms with Crippen LogP contribution in [0.25, 0.3) is 286 Å². The number of aromatic nitrogens is 12. The molecule has 9 aromatic heterocycles. The molecule has 0 bridgehead atoms. The van der Waals surface area contributed by atoms with Gasteiger partial charge in [0.1, 0.15) is 17.5 Å². The van der Waals surface area contributed by atoms with E-state index in [2.05, 4.69) is 507 Å². The first kappa shape index (κ1) is 83.7. The number of rotatable bonds is 10. The smallest absolute Gasteiger partial charge is 0.162 e. The van der Waals surface area contributed by atoms with Crippen molar-refractivity contribution in [1.29, 1.82) is 0 Å². The van der Waals surface area contributed by atoms with E-state index in [-0.39, 0.29) is 0 Å². The van der Waals surface area contributed by atoms with E-state index in [0.717, 1.165) is 117 Å². The van der Waals surface area contributed by atoms with Gasteiger partial charge in [-0.25, -0.2) is 29.9 Å². The second-order valence-corrected chi connectivity index (χ2v) is 38.4. The molecule has 0 radical (unpaired) electrons. The lowest BCUT2D eigenvalue weighted by molar-refractivity contribution is 1.07. The predicted octanol–water partition coefficient (Wildman–Crippen LogP) is 34.8. The van der Waals surface area contributed by atoms with Crippen LogP contribution in [0.1, 0.15) is 0 Å². The van der Waals surface area contributed by atoms with Gasteiger partial charge < -0.3 is 13.7 Å². The van der Waals surface area contributed by atoms with Crippen molar-refractivity contribution in [3.05, 3.63) is 510 Å². The summed E-state index contributed by atoms with van der Waals surface area (Å²) in [4.78, 5) is 31.3. The van der Waals surface area contributed by atoms with Crippen LogP contribution in [0.5, 0.6) is 0 Å². The van der Waals surface area contributed by atoms with Gasteiger partial charge in [0.2, 0.25) is 0 Å². The van der Waals surface area contributed by atoms with Crippen molar-refractivity contribution < 1.29 is 0 Å². The van der Waals surface area contributed by atoms with E-state index in [1.807, 2.05) is 30.3 Å². The lowest BCUT2D eigenvalue weighted by Crippen LogP contribution is -2.03. The molecule has 32 rings (SSSR count). The van der Waals surface area contributed by atoms with Crippen LogP contribution in [-0.4, -0.2) is 57.3 Å². The zero-order chi connectivity index (χ0) is 97.1. The zero-order valence-corrected chi connectivity index (χ0v) is 79.9. The van der Waals surface area contributed by atoms with E-state index >= 15 is 0 Å². The van der Waals surface area contributed by atoms with Gasteiger partial charge in [-0.1, -0.05) is 340 Å². The van der Waals surface area contributed by atoms with E-state index in [1.165, 1.54) is 152 Å². The standard InChI is InChI=1S/C48H30N4.C46H28N4.C42H26N4/c1-2-12-31(13-3-1)32-22-24-33(25-23-32)47-49-42-19-9-6-18-39(42)48(50-47)52-45-27-26-36(30-41(45)40-28-34-14-4-5-15-35(34)29-46(40)52)51-43-20-10-7-16-37(43)38-17-8-11-21-44(38)51;1-2-12-30-25-33(22-21-29(30)11-1)45-47-40-18-8-5-17-37(40)46(48-45)50-43-24-23-34(28-39(43)38-26-31-13-3-4-14-32(31)27-44(38)50)49-41-19-9-6-15-35(41)36-16-7-10-20-42(36)49;1-2-12-27(13-3-1)41-43-36-19-9-6-18-33(36)42(44-41)46-39-23-22-30(26-35(39)34-24-28-14-4-5-15-29(28)25-40(34)46)45-37-20-10-7-16-31(37)32-17-8-11-21-38(32)45/h1-30H;1-28H;1-26H. The fraction of sp³-hybridized carbons (Fsp3) is 0. The highest BCUT2D eigenvalue weighted by Gasteiger charge is 2.27. The summed E-state index contributed by atoms with van der Waals surface area (Å²) in [6.07, 6.45) is 0. The minimum atomic E-state index is 0.700. The third-order valence-electron chi connectivity index (χ3n) is 30.0. The molecule has 0 saturated heterocycles. The Balaban J connectivity index is 0.000000103. The first-order valence-electron chi connectivity index (χ1n) is 50.3. The van der Waals surface area contributed by atoms with Crippen molar-refractivity contribution in [2.45, 2.75) is 0 Å². The van der Waals surface area contributed by atoms with Gasteiger partial charge in [0.05, 0.1) is 82.8 Å². The quantitative estimate of drug-likeness (QED) is 0.135. The van der Waals surface area contributed by atoms with Gasteiger partial charge in [-0.15, -0.1) is 0 Å². The molecular weight excluding hydrogens is 1800 g/mol. The second-order valence-electron chi connectivity index (χ2n) is 38.4. The molecule has 12 nitrogen and oxygen atoms in total. The van der Waals surface area contributed by atoms with Crippen LogP contribution in [0.2, 0.25) is 0 Å². The minimum Gasteiger partial charge on any atom is -0.309 e. The molecule has 0 unspecified atom stereocenters. The third kappa shape index (κ3) is 13.5. The van der Waals surface area contributed by atoms with Crippen molar-refractivity contribution in [3.63, 3.8) is 0 Å². The van der Waals surface area contributed by atoms with E-state index in [1.54, 1.807) is 0 Å². The Hall–Kier alpha value is -20.1. The van der Waals surface area contributed by atoms with Gasteiger partial charge in [0, 0.05) is 115 Å². The van der Waals surface area contributed by atoms with Crippen LogP contribution in [0.4, 0.5) is 0 Å². The van der Waals surface area contributed by atoms with Crippen LogP contribution in [0.3, 0.4) is 0 Å². The lowest BCUT2D eigenvalue weighted by atomic mass is 10.0. The first-order chi connectivity index (χ1) is 73.4. The van der Waals surface area contributed by atoms with Crippen LogP contribution in [0.15, 0.2) is 510 Å². The summed E-state index contributed by atoms with van der Waals surface area (Å²) in [7, 11) is 0. The molecule has 0 aliphatic rings. The van der Waals surface area contributed by atoms with Crippen molar-refractivity contribution in [3.8, 4) is 79.8 Å². The maximum absolute atomic E-state index is 5.40. The van der Waals surface area contributed by atoms with Crippen LogP contribution in [-0.2, 0) is 0 Å². The molecule has 0 aliphatic heterocycles. The molecule has 688 valence electrons. The zero-order valence-electron chi connectivity index (χ0n) is 79.9. The fourth-order valence-electron chi connectivity index (χ4n) is 23.2. The molecule has 0 N–H and O–H groups in total. The summed E-state index contributed by atoms with van der Waals surface area (Å²) in [5, 5.41) is 27.3. The molecule has 0 fully saturated rings. The van der Waals surface area contributed by atoms with E-state index in [4.69, 9.17) is 29.9 Å². The molecule has 148 heavy (non-hydrogen) atoms. The summed E-state index contributed by atoms with van der Waals surface area (Å²) >= 11 is 0. The highest BCUT2D eigenvalue weighted by Crippen LogP contribution is 2.47. The van der Waals surface area contributed by atoms with Gasteiger partial charge in [-0.2, -0.15) is 0 Å². The monoisotopic (exact) mass is 1880 g/mol. The number of benzene rings is 23. The van der Waals surface area contributed by atoms with Crippen LogP contribution >= 0.6 is 0 Å². The minimum absolute atomic E-state index is 0.700. The number of fused-ring (bicyclic) bond motifs is 25. The fourth-order valence-corrected chi connectivity index (χ4v) is 23.2. The highest BCUT2D eigenvalue weighted by molar-refractivity contribution is 6.21. The lowest BCUT2D eigenvalue weighted by Gasteiger charge is -2.13. The first-order valence-corrected chi connectivity index (χ1v) is 50.3. The maximum Gasteiger partial charge on any atom is 0.162 e. The Bertz CT molecular complexity index is 11000. The summed E-state index contributed by atoms with van der Waals surface area (Å²) in [6, 6.07) is 182. The average molecular weight is 1890 g/mol. The third-order valence-corrected chi connectivity index (χ3v) is 30.0. The predicted molar refractivity (Wildman–Crippen MR) is 616 cm³/mol. The summed E-state index contributed by atoms with van der Waals surface area (Å²) in [5.41, 5.74) is 25.3. The van der Waals surface area contributed by atoms with Gasteiger partial charge in [-0.05, 0) is 224 Å². The molecule has 12 heteroatoms. The molecule has 23 aromatic carbocycles. The Morgan fingerprint density at radius 3 is 0.669 bits per heavy atom. The average Bonchev–Trinajstić information content (AvgIpc) is 1.57. The van der Waals surface area contributed by atoms with Gasteiger partial charge in [-0.3, -0.25) is 13.7 Å². The normalized spacial score (nSPS) is 11.9. The van der Waals surface area contributed by atoms with Crippen molar-refractivity contribution in [1.82, 2.24) is 57.3 Å². The Labute approximate surface area is 847 Å². The molecule has 9 heterocycles. The number of hydrogen-bond acceptors (Lipinski definition) is 6. The second kappa shape index (κ2) is 33.8. The van der Waals surface area contributed by atoms with Crippen LogP contribution < -0.4 is 0 Å². The SMILES string of the molecule is c1ccc(-c2ccc(-c3nc(-n4c5ccc(-n6c7ccccc7c7ccccc76)cc5c5cc6ccccc6cc54)c4ccccc4n3)cc2)cc1.c1ccc(-c2nc(-n3c4ccc(-n5c6ccccc6c6ccccc65)cc4c4cc5ccccc5cc43)c3ccccc3n2)cc1.c1ccc2cc(-c3nc(-n4c5ccc(-n6c7ccccc7c7ccccc76)cc5c5cc6ccccc6cc54)c4ccccc4n3)ccc2c1. The maximum atomic E-state index is 5.40. The Morgan fingerprint density at radius 1 is 0.115 bits per heavy atom. The van der Waals surface area contributed by atoms with E-state index < -0.39 is 0 Å². The molecule has 0 aliphatic carbocycles. The molecule has 0 amide bonds. The molecule has 0 saturated carbocycles. The molecular formula is C136H84N12. The number of hydrogen-bond donors (Lipinski definition) is 0. The largest absolute Gasteiger partial charge is 0.309 e. The van der Waals surface area contributed by atoms with Gasteiger partial charge in [0.25, 0.3) is 0 Å². The molecule has 32 aromatic rings.